The molecule has 0 bridgehead atoms. The highest BCUT2D eigenvalue weighted by molar-refractivity contribution is 5.88. The van der Waals surface area contributed by atoms with Gasteiger partial charge < -0.3 is 4.74 Å². The summed E-state index contributed by atoms with van der Waals surface area (Å²) in [6.45, 7) is 1.88. The van der Waals surface area contributed by atoms with Crippen molar-refractivity contribution in [1.82, 2.24) is 9.61 Å². The zero-order chi connectivity index (χ0) is 10.1. The monoisotopic (exact) mass is 190 g/mol. The van der Waals surface area contributed by atoms with Crippen LogP contribution in [0.25, 0.3) is 5.52 Å². The maximum Gasteiger partial charge on any atom is 0.356 e. The van der Waals surface area contributed by atoms with Gasteiger partial charge in [0.2, 0.25) is 0 Å². The van der Waals surface area contributed by atoms with Gasteiger partial charge in [0, 0.05) is 0 Å². The standard InChI is InChI=1S/C10H10N2O2/c1-7-6-8-4-3-5-9(10(13)14-2)12(8)11-7/h3-6H,1-2H3. The van der Waals surface area contributed by atoms with E-state index >= 15 is 0 Å². The molecule has 0 amide bonds. The van der Waals surface area contributed by atoms with Gasteiger partial charge in [0.1, 0.15) is 0 Å². The Balaban J connectivity index is 2.70. The quantitative estimate of drug-likeness (QED) is 0.639. The highest BCUT2D eigenvalue weighted by Crippen LogP contribution is 2.09. The van der Waals surface area contributed by atoms with Gasteiger partial charge in [-0.15, -0.1) is 0 Å². The summed E-state index contributed by atoms with van der Waals surface area (Å²) in [7, 11) is 1.36. The minimum absolute atomic E-state index is 0.376. The van der Waals surface area contributed by atoms with E-state index in [4.69, 9.17) is 0 Å². The van der Waals surface area contributed by atoms with Crippen molar-refractivity contribution in [3.8, 4) is 0 Å². The SMILES string of the molecule is COC(=O)c1cccc2cc(C)nn12. The van der Waals surface area contributed by atoms with Gasteiger partial charge >= 0.3 is 5.97 Å². The number of fused-ring (bicyclic) bond motifs is 1. The lowest BCUT2D eigenvalue weighted by Gasteiger charge is -2.01. The third-order valence-electron chi connectivity index (χ3n) is 2.00. The lowest BCUT2D eigenvalue weighted by molar-refractivity contribution is 0.0591. The second kappa shape index (κ2) is 3.14. The zero-order valence-electron chi connectivity index (χ0n) is 8.02. The molecule has 0 N–H and O–H groups in total. The van der Waals surface area contributed by atoms with Crippen molar-refractivity contribution in [3.05, 3.63) is 35.7 Å². The molecule has 2 heterocycles. The van der Waals surface area contributed by atoms with Gasteiger partial charge in [0.05, 0.1) is 18.3 Å². The van der Waals surface area contributed by atoms with Crippen LogP contribution in [0.1, 0.15) is 16.2 Å². The molecule has 4 heteroatoms. The van der Waals surface area contributed by atoms with E-state index in [0.29, 0.717) is 5.69 Å². The Morgan fingerprint density at radius 1 is 1.50 bits per heavy atom. The van der Waals surface area contributed by atoms with E-state index in [-0.39, 0.29) is 5.97 Å². The van der Waals surface area contributed by atoms with Crippen LogP contribution in [-0.2, 0) is 4.74 Å². The number of aryl methyl sites for hydroxylation is 1. The normalized spacial score (nSPS) is 10.4. The third-order valence-corrected chi connectivity index (χ3v) is 2.00. The van der Waals surface area contributed by atoms with Crippen molar-refractivity contribution in [3.63, 3.8) is 0 Å². The molecule has 0 aromatic carbocycles. The van der Waals surface area contributed by atoms with E-state index < -0.39 is 0 Å². The maximum absolute atomic E-state index is 11.4. The van der Waals surface area contributed by atoms with Crippen LogP contribution >= 0.6 is 0 Å². The van der Waals surface area contributed by atoms with Crippen LogP contribution in [0, 0.1) is 6.92 Å². The first-order valence-electron chi connectivity index (χ1n) is 4.26. The number of aromatic nitrogens is 2. The summed E-state index contributed by atoms with van der Waals surface area (Å²) in [5, 5.41) is 4.20. The molecule has 0 fully saturated rings. The molecule has 0 unspecified atom stereocenters. The highest BCUT2D eigenvalue weighted by Gasteiger charge is 2.10. The van der Waals surface area contributed by atoms with Crippen molar-refractivity contribution < 1.29 is 9.53 Å². The van der Waals surface area contributed by atoms with E-state index in [1.54, 1.807) is 10.6 Å². The molecule has 0 aliphatic carbocycles. The number of pyridine rings is 1. The first-order chi connectivity index (χ1) is 6.72. The van der Waals surface area contributed by atoms with Crippen molar-refractivity contribution in [2.75, 3.05) is 7.11 Å². The molecule has 0 atom stereocenters. The van der Waals surface area contributed by atoms with E-state index in [1.165, 1.54) is 7.11 Å². The fourth-order valence-corrected chi connectivity index (χ4v) is 1.40. The predicted octanol–water partition coefficient (Wildman–Crippen LogP) is 1.43. The number of esters is 1. The average Bonchev–Trinajstić information content (AvgIpc) is 2.56. The Bertz CT molecular complexity index is 488. The second-order valence-corrected chi connectivity index (χ2v) is 3.02. The van der Waals surface area contributed by atoms with Crippen molar-refractivity contribution in [1.29, 1.82) is 0 Å². The Morgan fingerprint density at radius 2 is 2.29 bits per heavy atom. The van der Waals surface area contributed by atoms with Crippen molar-refractivity contribution >= 4 is 11.5 Å². The molecule has 0 saturated carbocycles. The summed E-state index contributed by atoms with van der Waals surface area (Å²) in [6.07, 6.45) is 0. The summed E-state index contributed by atoms with van der Waals surface area (Å²) in [5.41, 5.74) is 2.21. The number of hydrogen-bond donors (Lipinski definition) is 0. The predicted molar refractivity (Wildman–Crippen MR) is 51.3 cm³/mol. The van der Waals surface area contributed by atoms with Gasteiger partial charge in [0.15, 0.2) is 5.69 Å². The minimum atomic E-state index is -0.376. The number of rotatable bonds is 1. The van der Waals surface area contributed by atoms with Crippen LogP contribution in [-0.4, -0.2) is 22.7 Å². The molecular formula is C10H10N2O2. The summed E-state index contributed by atoms with van der Waals surface area (Å²) >= 11 is 0. The van der Waals surface area contributed by atoms with Crippen LogP contribution in [0.5, 0.6) is 0 Å². The average molecular weight is 190 g/mol. The molecule has 0 aliphatic heterocycles. The van der Waals surface area contributed by atoms with E-state index in [2.05, 4.69) is 9.84 Å². The van der Waals surface area contributed by atoms with Gasteiger partial charge in [0.25, 0.3) is 0 Å². The fourth-order valence-electron chi connectivity index (χ4n) is 1.40. The molecule has 4 nitrogen and oxygen atoms in total. The summed E-state index contributed by atoms with van der Waals surface area (Å²) in [6, 6.07) is 7.30. The second-order valence-electron chi connectivity index (χ2n) is 3.02. The van der Waals surface area contributed by atoms with E-state index in [0.717, 1.165) is 11.2 Å². The molecule has 72 valence electrons. The molecule has 2 aromatic rings. The number of carbonyl (C=O) groups is 1. The van der Waals surface area contributed by atoms with Crippen molar-refractivity contribution in [2.45, 2.75) is 6.92 Å². The van der Waals surface area contributed by atoms with E-state index in [9.17, 15) is 4.79 Å². The number of carbonyl (C=O) groups excluding carboxylic acids is 1. The summed E-state index contributed by atoms with van der Waals surface area (Å²) < 4.78 is 6.24. The molecule has 2 aromatic heterocycles. The zero-order valence-corrected chi connectivity index (χ0v) is 8.02. The highest BCUT2D eigenvalue weighted by atomic mass is 16.5. The smallest absolute Gasteiger partial charge is 0.356 e. The molecule has 0 saturated heterocycles. The molecule has 2 rings (SSSR count). The van der Waals surface area contributed by atoms with Crippen LogP contribution in [0.15, 0.2) is 24.3 Å². The van der Waals surface area contributed by atoms with Crippen LogP contribution in [0.2, 0.25) is 0 Å². The fraction of sp³-hybridized carbons (Fsp3) is 0.200. The first-order valence-corrected chi connectivity index (χ1v) is 4.26. The molecule has 0 aliphatic rings. The summed E-state index contributed by atoms with van der Waals surface area (Å²) in [5.74, 6) is -0.376. The number of methoxy groups -OCH3 is 1. The van der Waals surface area contributed by atoms with E-state index in [1.807, 2.05) is 25.1 Å². The van der Waals surface area contributed by atoms with Gasteiger partial charge in [-0.1, -0.05) is 6.07 Å². The maximum atomic E-state index is 11.4. The van der Waals surface area contributed by atoms with Crippen LogP contribution in [0.4, 0.5) is 0 Å². The first kappa shape index (κ1) is 8.74. The van der Waals surface area contributed by atoms with Crippen molar-refractivity contribution in [2.24, 2.45) is 0 Å². The van der Waals surface area contributed by atoms with Gasteiger partial charge in [-0.2, -0.15) is 5.10 Å². The largest absolute Gasteiger partial charge is 0.464 e. The Hall–Kier alpha value is -1.84. The van der Waals surface area contributed by atoms with Gasteiger partial charge in [-0.3, -0.25) is 0 Å². The van der Waals surface area contributed by atoms with Gasteiger partial charge in [-0.05, 0) is 25.1 Å². The number of nitrogens with zero attached hydrogens (tertiary/aromatic N) is 2. The lowest BCUT2D eigenvalue weighted by atomic mass is 10.3. The molecule has 14 heavy (non-hydrogen) atoms. The van der Waals surface area contributed by atoms with Crippen LogP contribution in [0.3, 0.4) is 0 Å². The molecular weight excluding hydrogens is 180 g/mol. The minimum Gasteiger partial charge on any atom is -0.464 e. The Morgan fingerprint density at radius 3 is 3.00 bits per heavy atom. The topological polar surface area (TPSA) is 43.6 Å². The summed E-state index contributed by atoms with van der Waals surface area (Å²) in [4.78, 5) is 11.4. The number of hydrogen-bond acceptors (Lipinski definition) is 3. The molecule has 0 spiro atoms. The lowest BCUT2D eigenvalue weighted by Crippen LogP contribution is -2.08. The molecule has 0 radical (unpaired) electrons. The Labute approximate surface area is 81.1 Å². The number of ether oxygens (including phenoxy) is 1. The van der Waals surface area contributed by atoms with Gasteiger partial charge in [-0.25, -0.2) is 9.31 Å². The Kier molecular flexibility index (Phi) is 1.96. The third kappa shape index (κ3) is 1.25. The van der Waals surface area contributed by atoms with Crippen LogP contribution < -0.4 is 0 Å².